The van der Waals surface area contributed by atoms with Gasteiger partial charge < -0.3 is 15.7 Å². The average Bonchev–Trinajstić information content (AvgIpc) is 2.42. The summed E-state index contributed by atoms with van der Waals surface area (Å²) < 4.78 is 0. The Kier molecular flexibility index (Phi) is 3.66. The van der Waals surface area contributed by atoms with Gasteiger partial charge >= 0.3 is 0 Å². The van der Waals surface area contributed by atoms with Crippen molar-refractivity contribution in [1.29, 1.82) is 0 Å². The lowest BCUT2D eigenvalue weighted by Crippen LogP contribution is -2.27. The number of carbonyl (C=O) groups is 1. The first-order valence-corrected chi connectivity index (χ1v) is 5.81. The summed E-state index contributed by atoms with van der Waals surface area (Å²) in [4.78, 5) is 17.8. The molecule has 1 aromatic heterocycles. The summed E-state index contributed by atoms with van der Waals surface area (Å²) in [7, 11) is 1.68. The van der Waals surface area contributed by atoms with Crippen LogP contribution < -0.4 is 5.73 Å². The Bertz CT molecular complexity index is 584. The van der Waals surface area contributed by atoms with Crippen molar-refractivity contribution in [3.05, 3.63) is 53.9 Å². The van der Waals surface area contributed by atoms with E-state index in [1.807, 2.05) is 12.1 Å². The summed E-state index contributed by atoms with van der Waals surface area (Å²) >= 11 is 0. The van der Waals surface area contributed by atoms with E-state index in [1.54, 1.807) is 19.4 Å². The van der Waals surface area contributed by atoms with Gasteiger partial charge in [0.1, 0.15) is 5.75 Å². The van der Waals surface area contributed by atoms with Crippen LogP contribution in [-0.4, -0.2) is 27.9 Å². The summed E-state index contributed by atoms with van der Waals surface area (Å²) in [5, 5.41) is 9.42. The van der Waals surface area contributed by atoms with Crippen molar-refractivity contribution >= 4 is 11.6 Å². The zero-order valence-electron chi connectivity index (χ0n) is 10.6. The van der Waals surface area contributed by atoms with Crippen molar-refractivity contribution in [2.24, 2.45) is 0 Å². The van der Waals surface area contributed by atoms with Crippen LogP contribution >= 0.6 is 0 Å². The van der Waals surface area contributed by atoms with Crippen molar-refractivity contribution in [1.82, 2.24) is 9.88 Å². The quantitative estimate of drug-likeness (QED) is 0.647. The number of aromatic nitrogens is 1. The normalized spacial score (nSPS) is 10.2. The fraction of sp³-hybridized carbons (Fsp3) is 0.143. The van der Waals surface area contributed by atoms with Gasteiger partial charge in [-0.2, -0.15) is 0 Å². The molecule has 5 heteroatoms. The third-order valence-corrected chi connectivity index (χ3v) is 2.76. The van der Waals surface area contributed by atoms with Gasteiger partial charge in [-0.3, -0.25) is 9.78 Å². The van der Waals surface area contributed by atoms with E-state index in [2.05, 4.69) is 4.98 Å². The third kappa shape index (κ3) is 3.01. The smallest absolute Gasteiger partial charge is 0.256 e. The number of amides is 1. The number of rotatable bonds is 3. The number of pyridine rings is 1. The monoisotopic (exact) mass is 257 g/mol. The number of nitrogens with zero attached hydrogens (tertiary/aromatic N) is 2. The number of hydrogen-bond donors (Lipinski definition) is 2. The molecule has 0 saturated carbocycles. The molecule has 1 amide bonds. The lowest BCUT2D eigenvalue weighted by Gasteiger charge is -2.18. The first-order chi connectivity index (χ1) is 9.08. The number of phenols is 1. The molecule has 0 unspecified atom stereocenters. The second-order valence-corrected chi connectivity index (χ2v) is 4.29. The number of anilines is 1. The van der Waals surface area contributed by atoms with Gasteiger partial charge in [0.05, 0.1) is 5.56 Å². The van der Waals surface area contributed by atoms with E-state index < -0.39 is 0 Å². The molecule has 2 aromatic rings. The first kappa shape index (κ1) is 12.9. The van der Waals surface area contributed by atoms with Crippen molar-refractivity contribution in [3.8, 4) is 5.75 Å². The van der Waals surface area contributed by atoms with Crippen molar-refractivity contribution < 1.29 is 9.90 Å². The molecule has 0 bridgehead atoms. The predicted octanol–water partition coefficient (Wildman–Crippen LogP) is 1.64. The second-order valence-electron chi connectivity index (χ2n) is 4.29. The van der Waals surface area contributed by atoms with Crippen LogP contribution in [0.3, 0.4) is 0 Å². The SMILES string of the molecule is CN(Cc1cccnc1)C(=O)c1cc(O)ccc1N. The molecular weight excluding hydrogens is 242 g/mol. The van der Waals surface area contributed by atoms with E-state index in [0.29, 0.717) is 17.8 Å². The van der Waals surface area contributed by atoms with Crippen molar-refractivity contribution in [2.75, 3.05) is 12.8 Å². The second kappa shape index (κ2) is 5.39. The minimum absolute atomic E-state index is 0.0207. The van der Waals surface area contributed by atoms with Crippen LogP contribution in [0.4, 0.5) is 5.69 Å². The van der Waals surface area contributed by atoms with E-state index in [9.17, 15) is 9.90 Å². The maximum Gasteiger partial charge on any atom is 0.256 e. The zero-order valence-corrected chi connectivity index (χ0v) is 10.6. The molecule has 1 heterocycles. The Morgan fingerprint density at radius 2 is 2.21 bits per heavy atom. The molecule has 0 aliphatic carbocycles. The minimum Gasteiger partial charge on any atom is -0.508 e. The summed E-state index contributed by atoms with van der Waals surface area (Å²) in [5.41, 5.74) is 7.32. The summed E-state index contributed by atoms with van der Waals surface area (Å²) in [6.07, 6.45) is 3.38. The predicted molar refractivity (Wildman–Crippen MR) is 72.6 cm³/mol. The number of carbonyl (C=O) groups excluding carboxylic acids is 1. The van der Waals surface area contributed by atoms with Gasteiger partial charge in [0.2, 0.25) is 0 Å². The highest BCUT2D eigenvalue weighted by molar-refractivity contribution is 5.99. The zero-order chi connectivity index (χ0) is 13.8. The number of phenolic OH excluding ortho intramolecular Hbond substituents is 1. The lowest BCUT2D eigenvalue weighted by molar-refractivity contribution is 0.0785. The van der Waals surface area contributed by atoms with E-state index in [1.165, 1.54) is 23.1 Å². The molecule has 5 nitrogen and oxygen atoms in total. The molecule has 19 heavy (non-hydrogen) atoms. The van der Waals surface area contributed by atoms with Gasteiger partial charge in [-0.15, -0.1) is 0 Å². The van der Waals surface area contributed by atoms with Gasteiger partial charge in [0.15, 0.2) is 0 Å². The molecule has 0 aliphatic rings. The third-order valence-electron chi connectivity index (χ3n) is 2.76. The van der Waals surface area contributed by atoms with Crippen LogP contribution in [0.5, 0.6) is 5.75 Å². The lowest BCUT2D eigenvalue weighted by atomic mass is 10.1. The molecule has 0 radical (unpaired) electrons. The number of nitrogen functional groups attached to an aromatic ring is 1. The number of aromatic hydroxyl groups is 1. The molecule has 0 aliphatic heterocycles. The molecule has 0 fully saturated rings. The van der Waals surface area contributed by atoms with Crippen LogP contribution in [0.25, 0.3) is 0 Å². The van der Waals surface area contributed by atoms with Crippen LogP contribution in [0.2, 0.25) is 0 Å². The van der Waals surface area contributed by atoms with Crippen LogP contribution in [0, 0.1) is 0 Å². The summed E-state index contributed by atoms with van der Waals surface area (Å²) in [5.74, 6) is -0.218. The highest BCUT2D eigenvalue weighted by Gasteiger charge is 2.15. The molecular formula is C14H15N3O2. The number of benzene rings is 1. The van der Waals surface area contributed by atoms with Gasteiger partial charge in [-0.25, -0.2) is 0 Å². The maximum atomic E-state index is 12.2. The minimum atomic E-state index is -0.239. The topological polar surface area (TPSA) is 79.5 Å². The van der Waals surface area contributed by atoms with Gasteiger partial charge in [-0.1, -0.05) is 6.07 Å². The molecule has 0 saturated heterocycles. The highest BCUT2D eigenvalue weighted by atomic mass is 16.3. The number of hydrogen-bond acceptors (Lipinski definition) is 4. The van der Waals surface area contributed by atoms with Crippen LogP contribution in [-0.2, 0) is 6.54 Å². The van der Waals surface area contributed by atoms with E-state index >= 15 is 0 Å². The average molecular weight is 257 g/mol. The van der Waals surface area contributed by atoms with Gasteiger partial charge in [0.25, 0.3) is 5.91 Å². The Morgan fingerprint density at radius 3 is 2.89 bits per heavy atom. The summed E-state index contributed by atoms with van der Waals surface area (Å²) in [6, 6.07) is 8.05. The van der Waals surface area contributed by atoms with Gasteiger partial charge in [-0.05, 0) is 29.8 Å². The fourth-order valence-electron chi connectivity index (χ4n) is 1.77. The maximum absolute atomic E-state index is 12.2. The van der Waals surface area contributed by atoms with Crippen molar-refractivity contribution in [2.45, 2.75) is 6.54 Å². The molecule has 1 aromatic carbocycles. The Hall–Kier alpha value is -2.56. The Balaban J connectivity index is 2.17. The van der Waals surface area contributed by atoms with E-state index in [0.717, 1.165) is 5.56 Å². The highest BCUT2D eigenvalue weighted by Crippen LogP contribution is 2.20. The standard InChI is InChI=1S/C14H15N3O2/c1-17(9-10-3-2-6-16-8-10)14(19)12-7-11(18)4-5-13(12)15/h2-8,18H,9,15H2,1H3. The largest absolute Gasteiger partial charge is 0.508 e. The first-order valence-electron chi connectivity index (χ1n) is 5.81. The fourth-order valence-corrected chi connectivity index (χ4v) is 1.77. The number of nitrogens with two attached hydrogens (primary N) is 1. The molecule has 2 rings (SSSR count). The van der Waals surface area contributed by atoms with E-state index in [-0.39, 0.29) is 11.7 Å². The van der Waals surface area contributed by atoms with Crippen LogP contribution in [0.15, 0.2) is 42.7 Å². The molecule has 0 atom stereocenters. The molecule has 3 N–H and O–H groups in total. The summed E-state index contributed by atoms with van der Waals surface area (Å²) in [6.45, 7) is 0.432. The Morgan fingerprint density at radius 1 is 1.42 bits per heavy atom. The molecule has 0 spiro atoms. The van der Waals surface area contributed by atoms with Crippen molar-refractivity contribution in [3.63, 3.8) is 0 Å². The van der Waals surface area contributed by atoms with Gasteiger partial charge in [0, 0.05) is 31.7 Å². The van der Waals surface area contributed by atoms with Crippen LogP contribution in [0.1, 0.15) is 15.9 Å². The van der Waals surface area contributed by atoms with E-state index in [4.69, 9.17) is 5.73 Å². The Labute approximate surface area is 111 Å². The molecule has 98 valence electrons.